The van der Waals surface area contributed by atoms with Crippen molar-refractivity contribution in [2.45, 2.75) is 26.9 Å². The highest BCUT2D eigenvalue weighted by Gasteiger charge is 2.22. The zero-order valence-electron chi connectivity index (χ0n) is 18.4. The SMILES string of the molecule is Cc1c(C(=O)NCc2ccc(F)cc2)c(C)n2cnn(CC(=O)Nc3ccc(F)cc3)c(=O)c12. The van der Waals surface area contributed by atoms with Gasteiger partial charge in [-0.2, -0.15) is 5.10 Å². The number of hydrogen-bond acceptors (Lipinski definition) is 4. The van der Waals surface area contributed by atoms with E-state index in [-0.39, 0.29) is 30.3 Å². The first-order valence-corrected chi connectivity index (χ1v) is 10.4. The molecule has 174 valence electrons. The Morgan fingerprint density at radius 3 is 2.24 bits per heavy atom. The quantitative estimate of drug-likeness (QED) is 0.458. The third kappa shape index (κ3) is 4.56. The number of amides is 2. The predicted molar refractivity (Wildman–Crippen MR) is 122 cm³/mol. The van der Waals surface area contributed by atoms with Gasteiger partial charge < -0.3 is 10.6 Å². The number of hydrogen-bond donors (Lipinski definition) is 2. The van der Waals surface area contributed by atoms with Crippen LogP contribution in [0, 0.1) is 25.5 Å². The topological polar surface area (TPSA) is 97.5 Å². The molecular weight excluding hydrogens is 444 g/mol. The van der Waals surface area contributed by atoms with Crippen LogP contribution in [0.4, 0.5) is 14.5 Å². The van der Waals surface area contributed by atoms with Crippen molar-refractivity contribution in [3.8, 4) is 0 Å². The molecule has 0 aliphatic carbocycles. The van der Waals surface area contributed by atoms with Crippen molar-refractivity contribution in [1.29, 1.82) is 0 Å². The summed E-state index contributed by atoms with van der Waals surface area (Å²) in [5.74, 6) is -1.69. The minimum atomic E-state index is -0.532. The molecule has 0 aliphatic rings. The number of halogens is 2. The van der Waals surface area contributed by atoms with Gasteiger partial charge >= 0.3 is 0 Å². The standard InChI is InChI=1S/C24H21F2N5O3/c1-14-21(23(33)27-11-16-3-5-17(25)6-4-16)15(2)30-13-28-31(24(34)22(14)30)12-20(32)29-19-9-7-18(26)8-10-19/h3-10,13H,11-12H2,1-2H3,(H,27,33)(H,29,32). The third-order valence-electron chi connectivity index (χ3n) is 5.45. The Labute approximate surface area is 192 Å². The second-order valence-corrected chi connectivity index (χ2v) is 7.76. The molecule has 10 heteroatoms. The molecule has 0 radical (unpaired) electrons. The molecule has 2 heterocycles. The fourth-order valence-corrected chi connectivity index (χ4v) is 3.75. The molecule has 2 amide bonds. The summed E-state index contributed by atoms with van der Waals surface area (Å²) in [6.45, 7) is 3.18. The molecule has 4 rings (SSSR count). The molecule has 0 atom stereocenters. The Hall–Kier alpha value is -4.34. The number of nitrogens with zero attached hydrogens (tertiary/aromatic N) is 3. The van der Waals surface area contributed by atoms with E-state index in [0.29, 0.717) is 22.5 Å². The van der Waals surface area contributed by atoms with Crippen molar-refractivity contribution >= 4 is 23.0 Å². The van der Waals surface area contributed by atoms with E-state index < -0.39 is 17.3 Å². The molecule has 0 spiro atoms. The lowest BCUT2D eigenvalue weighted by molar-refractivity contribution is -0.117. The predicted octanol–water partition coefficient (Wildman–Crippen LogP) is 2.96. The van der Waals surface area contributed by atoms with Crippen LogP contribution in [0.3, 0.4) is 0 Å². The molecule has 0 saturated heterocycles. The highest BCUT2D eigenvalue weighted by Crippen LogP contribution is 2.20. The van der Waals surface area contributed by atoms with Crippen LogP contribution < -0.4 is 16.2 Å². The average Bonchev–Trinajstić information content (AvgIpc) is 3.07. The maximum atomic E-state index is 13.1. The van der Waals surface area contributed by atoms with Crippen LogP contribution in [0.15, 0.2) is 59.7 Å². The van der Waals surface area contributed by atoms with Gasteiger partial charge in [0.1, 0.15) is 30.0 Å². The summed E-state index contributed by atoms with van der Waals surface area (Å²) < 4.78 is 28.6. The summed E-state index contributed by atoms with van der Waals surface area (Å²) in [6.07, 6.45) is 1.38. The Kier molecular flexibility index (Phi) is 6.22. The fraction of sp³-hybridized carbons (Fsp3) is 0.167. The van der Waals surface area contributed by atoms with Crippen LogP contribution in [-0.2, 0) is 17.9 Å². The number of fused-ring (bicyclic) bond motifs is 1. The smallest absolute Gasteiger partial charge is 0.291 e. The van der Waals surface area contributed by atoms with Gasteiger partial charge in [0.25, 0.3) is 11.5 Å². The first kappa shape index (κ1) is 22.8. The molecule has 0 fully saturated rings. The number of aromatic nitrogens is 3. The van der Waals surface area contributed by atoms with Gasteiger partial charge in [0.2, 0.25) is 5.91 Å². The van der Waals surface area contributed by atoms with Crippen molar-refractivity contribution < 1.29 is 18.4 Å². The minimum absolute atomic E-state index is 0.191. The van der Waals surface area contributed by atoms with E-state index in [1.165, 1.54) is 47.1 Å². The highest BCUT2D eigenvalue weighted by atomic mass is 19.1. The largest absolute Gasteiger partial charge is 0.348 e. The summed E-state index contributed by atoms with van der Waals surface area (Å²) in [7, 11) is 0. The number of anilines is 1. The van der Waals surface area contributed by atoms with E-state index in [2.05, 4.69) is 15.7 Å². The van der Waals surface area contributed by atoms with E-state index in [4.69, 9.17) is 0 Å². The van der Waals surface area contributed by atoms with Crippen molar-refractivity contribution in [1.82, 2.24) is 19.5 Å². The van der Waals surface area contributed by atoms with Crippen LogP contribution in [0.2, 0.25) is 0 Å². The van der Waals surface area contributed by atoms with Gasteiger partial charge in [0.05, 0.1) is 5.56 Å². The van der Waals surface area contributed by atoms with Crippen LogP contribution in [-0.4, -0.2) is 26.0 Å². The zero-order valence-corrected chi connectivity index (χ0v) is 18.4. The molecular formula is C24H21F2N5O3. The van der Waals surface area contributed by atoms with Crippen LogP contribution in [0.1, 0.15) is 27.2 Å². The summed E-state index contributed by atoms with van der Waals surface area (Å²) in [5.41, 5.74) is 2.12. The maximum Gasteiger partial charge on any atom is 0.291 e. The minimum Gasteiger partial charge on any atom is -0.348 e. The van der Waals surface area contributed by atoms with Crippen LogP contribution in [0.5, 0.6) is 0 Å². The van der Waals surface area contributed by atoms with Crippen molar-refractivity contribution in [2.24, 2.45) is 0 Å². The second-order valence-electron chi connectivity index (χ2n) is 7.76. The summed E-state index contributed by atoms with van der Waals surface area (Å²) >= 11 is 0. The van der Waals surface area contributed by atoms with Gasteiger partial charge in [0.15, 0.2) is 0 Å². The summed E-state index contributed by atoms with van der Waals surface area (Å²) in [4.78, 5) is 38.3. The Balaban J connectivity index is 1.56. The Morgan fingerprint density at radius 1 is 0.971 bits per heavy atom. The fourth-order valence-electron chi connectivity index (χ4n) is 3.75. The van der Waals surface area contributed by atoms with Gasteiger partial charge in [-0.25, -0.2) is 13.5 Å². The van der Waals surface area contributed by atoms with E-state index in [1.54, 1.807) is 26.0 Å². The van der Waals surface area contributed by atoms with Crippen molar-refractivity contribution in [3.05, 3.63) is 99.2 Å². The average molecular weight is 465 g/mol. The number of carbonyl (C=O) groups excluding carboxylic acids is 2. The number of rotatable bonds is 6. The Morgan fingerprint density at radius 2 is 1.59 bits per heavy atom. The number of benzene rings is 2. The van der Waals surface area contributed by atoms with Crippen LogP contribution in [0.25, 0.3) is 5.52 Å². The number of nitrogens with one attached hydrogen (secondary N) is 2. The molecule has 34 heavy (non-hydrogen) atoms. The Bertz CT molecular complexity index is 1440. The molecule has 2 aromatic heterocycles. The zero-order chi connectivity index (χ0) is 24.4. The molecule has 0 aliphatic heterocycles. The van der Waals surface area contributed by atoms with E-state index in [0.717, 1.165) is 10.2 Å². The van der Waals surface area contributed by atoms with Crippen molar-refractivity contribution in [3.63, 3.8) is 0 Å². The first-order valence-electron chi connectivity index (χ1n) is 10.4. The van der Waals surface area contributed by atoms with Gasteiger partial charge in [-0.15, -0.1) is 0 Å². The van der Waals surface area contributed by atoms with Gasteiger partial charge in [-0.1, -0.05) is 12.1 Å². The summed E-state index contributed by atoms with van der Waals surface area (Å²) in [5, 5.41) is 9.42. The van der Waals surface area contributed by atoms with Gasteiger partial charge in [0, 0.05) is 17.9 Å². The second kappa shape index (κ2) is 9.26. The maximum absolute atomic E-state index is 13.1. The lowest BCUT2D eigenvalue weighted by Gasteiger charge is -2.07. The molecule has 4 aromatic rings. The molecule has 2 N–H and O–H groups in total. The van der Waals surface area contributed by atoms with Gasteiger partial charge in [-0.3, -0.25) is 18.8 Å². The van der Waals surface area contributed by atoms with Crippen LogP contribution >= 0.6 is 0 Å². The van der Waals surface area contributed by atoms with E-state index in [9.17, 15) is 23.2 Å². The van der Waals surface area contributed by atoms with Gasteiger partial charge in [-0.05, 0) is 61.4 Å². The lowest BCUT2D eigenvalue weighted by atomic mass is 10.1. The molecule has 2 aromatic carbocycles. The molecule has 0 unspecified atom stereocenters. The molecule has 0 saturated carbocycles. The molecule has 0 bridgehead atoms. The summed E-state index contributed by atoms with van der Waals surface area (Å²) in [6, 6.07) is 11.0. The normalized spacial score (nSPS) is 10.9. The molecule has 8 nitrogen and oxygen atoms in total. The van der Waals surface area contributed by atoms with E-state index >= 15 is 0 Å². The third-order valence-corrected chi connectivity index (χ3v) is 5.45. The van der Waals surface area contributed by atoms with E-state index in [1.807, 2.05) is 0 Å². The number of aryl methyl sites for hydroxylation is 2. The highest BCUT2D eigenvalue weighted by molar-refractivity contribution is 5.99. The first-order chi connectivity index (χ1) is 16.2. The van der Waals surface area contributed by atoms with Crippen molar-refractivity contribution in [2.75, 3.05) is 5.32 Å². The number of carbonyl (C=O) groups is 2. The monoisotopic (exact) mass is 465 g/mol. The lowest BCUT2D eigenvalue weighted by Crippen LogP contribution is -2.30.